The highest BCUT2D eigenvalue weighted by Crippen LogP contribution is 2.59. The second-order valence-electron chi connectivity index (χ2n) is 30.0. The standard InChI is InChI=1S/C67H94O6P2/c1-40-47-31-43(60(3,4)5)35-51(64(15,16)17)56(47)70-74(71-57-48(40)32-44(61(6,7)8)36-52(57)65(18,19)20)68-39-42-29-27-28-30-55(42)69-75-72-58-49(33-45(62(9,10)11)37-53(58)66(21,22)23)41(2)50-34-46(63(12,13)14)38-54(59(50)73-75)67(24,25)26/h27-38,40-41H,39H2,1-26H3. The van der Waals surface area contributed by atoms with Crippen LogP contribution in [-0.2, 0) is 54.5 Å². The van der Waals surface area contributed by atoms with Crippen LogP contribution in [0.4, 0.5) is 0 Å². The highest BCUT2D eigenvalue weighted by molar-refractivity contribution is 7.43. The van der Waals surface area contributed by atoms with E-state index < -0.39 is 17.2 Å². The molecule has 0 fully saturated rings. The topological polar surface area (TPSA) is 55.4 Å². The molecule has 408 valence electrons. The molecule has 0 saturated heterocycles. The summed E-state index contributed by atoms with van der Waals surface area (Å²) in [5.74, 6) is 3.86. The minimum Gasteiger partial charge on any atom is -0.417 e. The predicted molar refractivity (Wildman–Crippen MR) is 319 cm³/mol. The van der Waals surface area contributed by atoms with Crippen LogP contribution in [0.15, 0.2) is 72.8 Å². The van der Waals surface area contributed by atoms with Crippen molar-refractivity contribution >= 4 is 17.2 Å². The van der Waals surface area contributed by atoms with Gasteiger partial charge in [0, 0.05) is 61.9 Å². The van der Waals surface area contributed by atoms with Crippen LogP contribution >= 0.6 is 17.2 Å². The summed E-state index contributed by atoms with van der Waals surface area (Å²) >= 11 is 0. The first-order valence-electron chi connectivity index (χ1n) is 27.5. The molecule has 0 amide bonds. The zero-order valence-electron chi connectivity index (χ0n) is 51.1. The van der Waals surface area contributed by atoms with Gasteiger partial charge in [-0.25, -0.2) is 0 Å². The fourth-order valence-corrected chi connectivity index (χ4v) is 12.2. The molecule has 0 unspecified atom stereocenters. The molecule has 0 aliphatic carbocycles. The van der Waals surface area contributed by atoms with E-state index in [2.05, 4.69) is 235 Å². The molecule has 0 aromatic heterocycles. The van der Waals surface area contributed by atoms with Gasteiger partial charge in [0.15, 0.2) is 0 Å². The average Bonchev–Trinajstić information content (AvgIpc) is 3.24. The molecule has 8 heteroatoms. The fourth-order valence-electron chi connectivity index (χ4n) is 9.93. The molecule has 0 saturated carbocycles. The number of fused-ring (bicyclic) bond motifs is 4. The largest absolute Gasteiger partial charge is 0.530 e. The van der Waals surface area contributed by atoms with Crippen LogP contribution in [0.25, 0.3) is 0 Å². The lowest BCUT2D eigenvalue weighted by Gasteiger charge is -2.36. The van der Waals surface area contributed by atoms with E-state index in [-0.39, 0.29) is 61.8 Å². The van der Waals surface area contributed by atoms with Crippen molar-refractivity contribution in [1.82, 2.24) is 0 Å². The van der Waals surface area contributed by atoms with Gasteiger partial charge >= 0.3 is 17.2 Å². The first kappa shape index (κ1) is 58.6. The fraction of sp³-hybridized carbons (Fsp3) is 0.552. The lowest BCUT2D eigenvalue weighted by Crippen LogP contribution is -2.23. The van der Waals surface area contributed by atoms with Crippen LogP contribution in [-0.4, -0.2) is 0 Å². The SMILES string of the molecule is CC1c2cc(C(C)(C)C)cc(C(C)(C)C)c2OP(OCc2ccccc2OP2Oc3c(cc(C(C)(C)C)cc3C(C)(C)C)C(C)c3cc(C(C)(C)C)cc(C(C)(C)C)c3O2)Oc2c1cc(C(C)(C)C)cc2C(C)(C)C. The van der Waals surface area contributed by atoms with Crippen molar-refractivity contribution < 1.29 is 27.1 Å². The van der Waals surface area contributed by atoms with E-state index in [1.165, 1.54) is 22.3 Å². The summed E-state index contributed by atoms with van der Waals surface area (Å²) in [5.41, 5.74) is 13.7. The van der Waals surface area contributed by atoms with E-state index in [1.807, 2.05) is 18.2 Å². The Hall–Kier alpha value is -4.08. The van der Waals surface area contributed by atoms with Gasteiger partial charge in [0.25, 0.3) is 0 Å². The second kappa shape index (κ2) is 20.0. The van der Waals surface area contributed by atoms with Gasteiger partial charge in [0.1, 0.15) is 28.7 Å². The zero-order chi connectivity index (χ0) is 56.1. The van der Waals surface area contributed by atoms with Crippen molar-refractivity contribution in [3.05, 3.63) is 145 Å². The Morgan fingerprint density at radius 3 is 0.893 bits per heavy atom. The number of benzene rings is 5. The van der Waals surface area contributed by atoms with Gasteiger partial charge in [-0.2, -0.15) is 0 Å². The molecule has 5 aromatic rings. The van der Waals surface area contributed by atoms with Crippen molar-refractivity contribution in [1.29, 1.82) is 0 Å². The van der Waals surface area contributed by atoms with Gasteiger partial charge in [0.05, 0.1) is 6.61 Å². The minimum absolute atomic E-state index is 0.0323. The van der Waals surface area contributed by atoms with Crippen molar-refractivity contribution in [2.75, 3.05) is 0 Å². The first-order valence-corrected chi connectivity index (χ1v) is 29.7. The van der Waals surface area contributed by atoms with Crippen LogP contribution in [0.2, 0.25) is 0 Å². The molecule has 0 spiro atoms. The van der Waals surface area contributed by atoms with Crippen molar-refractivity contribution in [2.45, 2.75) is 242 Å². The summed E-state index contributed by atoms with van der Waals surface area (Å²) in [6, 6.07) is 26.9. The average molecular weight is 1060 g/mol. The van der Waals surface area contributed by atoms with Gasteiger partial charge in [-0.05, 0) is 71.6 Å². The summed E-state index contributed by atoms with van der Waals surface area (Å²) in [6.45, 7) is 59.5. The predicted octanol–water partition coefficient (Wildman–Crippen LogP) is 20.7. The van der Waals surface area contributed by atoms with E-state index in [1.54, 1.807) is 0 Å². The molecule has 0 N–H and O–H groups in total. The van der Waals surface area contributed by atoms with Gasteiger partial charge in [0.2, 0.25) is 0 Å². The van der Waals surface area contributed by atoms with E-state index >= 15 is 0 Å². The van der Waals surface area contributed by atoms with Crippen molar-refractivity contribution in [3.63, 3.8) is 0 Å². The molecule has 0 radical (unpaired) electrons. The Labute approximate surface area is 457 Å². The molecule has 2 aliphatic heterocycles. The maximum Gasteiger partial charge on any atom is 0.530 e. The maximum absolute atomic E-state index is 7.32. The van der Waals surface area contributed by atoms with Gasteiger partial charge in [-0.1, -0.05) is 247 Å². The van der Waals surface area contributed by atoms with E-state index in [0.717, 1.165) is 73.1 Å². The lowest BCUT2D eigenvalue weighted by molar-refractivity contribution is 0.248. The Morgan fingerprint density at radius 2 is 0.627 bits per heavy atom. The molecular formula is C67H94O6P2. The monoisotopic (exact) mass is 1060 g/mol. The molecule has 5 aromatic carbocycles. The summed E-state index contributed by atoms with van der Waals surface area (Å²) in [7, 11) is -4.10. The van der Waals surface area contributed by atoms with E-state index in [9.17, 15) is 0 Å². The van der Waals surface area contributed by atoms with Crippen molar-refractivity contribution in [3.8, 4) is 28.7 Å². The van der Waals surface area contributed by atoms with E-state index in [0.29, 0.717) is 5.75 Å². The Kier molecular flexibility index (Phi) is 15.6. The summed E-state index contributed by atoms with van der Waals surface area (Å²) in [6.07, 6.45) is 0. The van der Waals surface area contributed by atoms with Crippen LogP contribution in [0.5, 0.6) is 28.7 Å². The van der Waals surface area contributed by atoms with Crippen LogP contribution in [0.1, 0.15) is 264 Å². The van der Waals surface area contributed by atoms with Crippen LogP contribution in [0.3, 0.4) is 0 Å². The summed E-state index contributed by atoms with van der Waals surface area (Å²) in [5, 5.41) is 0. The number of hydrogen-bond donors (Lipinski definition) is 0. The molecule has 75 heavy (non-hydrogen) atoms. The molecule has 2 heterocycles. The third-order valence-corrected chi connectivity index (χ3v) is 17.2. The maximum atomic E-state index is 7.32. The van der Waals surface area contributed by atoms with E-state index in [4.69, 9.17) is 27.1 Å². The number of para-hydroxylation sites is 1. The Balaban J connectivity index is 1.38. The molecule has 7 rings (SSSR count). The number of hydrogen-bond acceptors (Lipinski definition) is 6. The third kappa shape index (κ3) is 12.6. The second-order valence-corrected chi connectivity index (χ2v) is 32.1. The summed E-state index contributed by atoms with van der Waals surface area (Å²) < 4.78 is 43.5. The summed E-state index contributed by atoms with van der Waals surface area (Å²) in [4.78, 5) is 0. The molecule has 0 atom stereocenters. The Morgan fingerprint density at radius 1 is 0.360 bits per heavy atom. The van der Waals surface area contributed by atoms with Crippen LogP contribution in [0, 0.1) is 0 Å². The first-order chi connectivity index (χ1) is 34.0. The van der Waals surface area contributed by atoms with Crippen LogP contribution < -0.4 is 22.6 Å². The third-order valence-electron chi connectivity index (χ3n) is 15.2. The zero-order valence-corrected chi connectivity index (χ0v) is 52.9. The Bertz CT molecular complexity index is 2750. The smallest absolute Gasteiger partial charge is 0.417 e. The molecule has 6 nitrogen and oxygen atoms in total. The quantitative estimate of drug-likeness (QED) is 0.164. The highest BCUT2D eigenvalue weighted by Gasteiger charge is 2.41. The van der Waals surface area contributed by atoms with Gasteiger partial charge < -0.3 is 22.6 Å². The molecule has 0 bridgehead atoms. The highest BCUT2D eigenvalue weighted by atomic mass is 31.2. The van der Waals surface area contributed by atoms with Gasteiger partial charge in [-0.15, -0.1) is 0 Å². The van der Waals surface area contributed by atoms with Crippen molar-refractivity contribution in [2.24, 2.45) is 0 Å². The molecular weight excluding hydrogens is 963 g/mol. The molecule has 2 aliphatic rings. The number of rotatable bonds is 5. The minimum atomic E-state index is -2.08. The lowest BCUT2D eigenvalue weighted by atomic mass is 9.74. The normalized spacial score (nSPS) is 18.8. The van der Waals surface area contributed by atoms with Gasteiger partial charge in [-0.3, -0.25) is 4.52 Å².